The van der Waals surface area contributed by atoms with E-state index in [0.717, 1.165) is 28.6 Å². The van der Waals surface area contributed by atoms with Gasteiger partial charge < -0.3 is 24.6 Å². The molecule has 1 aromatic carbocycles. The normalized spacial score (nSPS) is 11.8. The second-order valence-electron chi connectivity index (χ2n) is 7.96. The molecule has 10 nitrogen and oxygen atoms in total. The fourth-order valence-electron chi connectivity index (χ4n) is 3.53. The van der Waals surface area contributed by atoms with Crippen molar-refractivity contribution in [3.63, 3.8) is 0 Å². The largest absolute Gasteiger partial charge is 0.573 e. The van der Waals surface area contributed by atoms with Crippen molar-refractivity contribution in [1.29, 1.82) is 0 Å². The van der Waals surface area contributed by atoms with Crippen LogP contribution in [0.15, 0.2) is 36.7 Å². The molecule has 0 spiro atoms. The summed E-state index contributed by atoms with van der Waals surface area (Å²) in [5.74, 6) is 0.110. The van der Waals surface area contributed by atoms with E-state index in [1.807, 2.05) is 6.07 Å². The Morgan fingerprint density at radius 2 is 1.89 bits per heavy atom. The first kappa shape index (κ1) is 26.7. The van der Waals surface area contributed by atoms with E-state index in [4.69, 9.17) is 9.47 Å². The molecular weight excluding hydrogens is 513 g/mol. The first-order valence-corrected chi connectivity index (χ1v) is 12.2. The average molecular weight is 539 g/mol. The zero-order valence-electron chi connectivity index (χ0n) is 19.6. The fourth-order valence-corrected chi connectivity index (χ4v) is 4.01. The lowest BCUT2D eigenvalue weighted by Crippen LogP contribution is -2.18. The van der Waals surface area contributed by atoms with E-state index < -0.39 is 6.36 Å². The third-order valence-corrected chi connectivity index (χ3v) is 5.83. The summed E-state index contributed by atoms with van der Waals surface area (Å²) in [6.07, 6.45) is 0.126. The van der Waals surface area contributed by atoms with Gasteiger partial charge in [0.05, 0.1) is 47.1 Å². The third-order valence-electron chi connectivity index (χ3n) is 5.15. The molecule has 198 valence electrons. The number of benzene rings is 1. The van der Waals surface area contributed by atoms with Crippen LogP contribution < -0.4 is 14.8 Å². The van der Waals surface area contributed by atoms with E-state index in [1.165, 1.54) is 23.7 Å². The molecule has 37 heavy (non-hydrogen) atoms. The first-order chi connectivity index (χ1) is 17.9. The van der Waals surface area contributed by atoms with Gasteiger partial charge in [-0.15, -0.1) is 18.3 Å². The number of unbranched alkanes of at least 4 members (excludes halogenated alkanes) is 1. The number of aromatic nitrogens is 5. The topological polar surface area (TPSA) is 127 Å². The summed E-state index contributed by atoms with van der Waals surface area (Å²) >= 11 is 1.24. The molecule has 14 heteroatoms. The van der Waals surface area contributed by atoms with Crippen LogP contribution in [-0.2, 0) is 17.9 Å². The van der Waals surface area contributed by atoms with Crippen molar-refractivity contribution in [2.75, 3.05) is 26.4 Å². The minimum Gasteiger partial charge on any atom is -0.475 e. The highest BCUT2D eigenvalue weighted by molar-refractivity contribution is 7.09. The third kappa shape index (κ3) is 8.08. The van der Waals surface area contributed by atoms with Gasteiger partial charge in [0.2, 0.25) is 5.88 Å². The zero-order chi connectivity index (χ0) is 26.1. The lowest BCUT2D eigenvalue weighted by atomic mass is 10.1. The van der Waals surface area contributed by atoms with E-state index in [2.05, 4.69) is 34.8 Å². The van der Waals surface area contributed by atoms with Crippen LogP contribution in [0, 0.1) is 0 Å². The summed E-state index contributed by atoms with van der Waals surface area (Å²) in [5.41, 5.74) is 2.44. The minimum absolute atomic E-state index is 0.319. The van der Waals surface area contributed by atoms with Crippen LogP contribution in [0.1, 0.15) is 24.0 Å². The number of alkyl halides is 3. The molecule has 0 amide bonds. The average Bonchev–Trinajstić information content (AvgIpc) is 3.56. The van der Waals surface area contributed by atoms with Gasteiger partial charge in [-0.1, -0.05) is 10.6 Å². The van der Waals surface area contributed by atoms with Crippen LogP contribution >= 0.6 is 11.5 Å². The number of halogens is 3. The summed E-state index contributed by atoms with van der Waals surface area (Å²) in [6, 6.07) is 5.98. The van der Waals surface area contributed by atoms with Crippen LogP contribution in [0.4, 0.5) is 13.2 Å². The van der Waals surface area contributed by atoms with Crippen LogP contribution in [0.25, 0.3) is 21.5 Å². The summed E-state index contributed by atoms with van der Waals surface area (Å²) < 4.78 is 56.7. The number of aliphatic hydroxyl groups excluding tert-OH is 1. The molecule has 4 rings (SSSR count). The number of hydrogen-bond acceptors (Lipinski definition) is 10. The molecule has 0 aliphatic heterocycles. The molecule has 0 fully saturated rings. The van der Waals surface area contributed by atoms with Crippen molar-refractivity contribution in [1.82, 2.24) is 30.1 Å². The van der Waals surface area contributed by atoms with Crippen LogP contribution in [0.3, 0.4) is 0 Å². The molecule has 0 aliphatic rings. The Hall–Kier alpha value is -3.33. The Kier molecular flexibility index (Phi) is 9.22. The van der Waals surface area contributed by atoms with Crippen molar-refractivity contribution >= 4 is 22.4 Å². The van der Waals surface area contributed by atoms with Crippen LogP contribution in [0.5, 0.6) is 11.6 Å². The predicted octanol–water partition coefficient (Wildman–Crippen LogP) is 3.83. The summed E-state index contributed by atoms with van der Waals surface area (Å²) in [5, 5.41) is 24.0. The molecule has 0 atom stereocenters. The Morgan fingerprint density at radius 3 is 2.68 bits per heavy atom. The maximum Gasteiger partial charge on any atom is 0.573 e. The maximum absolute atomic E-state index is 12.5. The van der Waals surface area contributed by atoms with Gasteiger partial charge in [0.25, 0.3) is 0 Å². The summed E-state index contributed by atoms with van der Waals surface area (Å²) in [6.45, 7) is 1.87. The molecule has 3 N–H and O–H groups in total. The molecule has 0 bridgehead atoms. The van der Waals surface area contributed by atoms with Gasteiger partial charge >= 0.3 is 6.36 Å². The fraction of sp³-hybridized carbons (Fsp3) is 0.391. The van der Waals surface area contributed by atoms with Gasteiger partial charge in [0, 0.05) is 13.2 Å². The Labute approximate surface area is 213 Å². The van der Waals surface area contributed by atoms with Gasteiger partial charge in [0.1, 0.15) is 12.4 Å². The number of nitrogens with one attached hydrogen (secondary N) is 2. The van der Waals surface area contributed by atoms with Crippen molar-refractivity contribution in [2.24, 2.45) is 0 Å². The van der Waals surface area contributed by atoms with E-state index in [-0.39, 0.29) is 12.4 Å². The number of aliphatic hydroxyl groups is 1. The van der Waals surface area contributed by atoms with Crippen molar-refractivity contribution < 1.29 is 32.5 Å². The highest BCUT2D eigenvalue weighted by Crippen LogP contribution is 2.29. The highest BCUT2D eigenvalue weighted by Gasteiger charge is 2.31. The Bertz CT molecular complexity index is 1270. The van der Waals surface area contributed by atoms with E-state index in [0.29, 0.717) is 55.6 Å². The van der Waals surface area contributed by atoms with E-state index >= 15 is 0 Å². The van der Waals surface area contributed by atoms with Crippen molar-refractivity contribution in [2.45, 2.75) is 32.4 Å². The SMILES string of the molecule is OCc1cc(CNCCCCOCCOc2nc(-c3cnns3)cc3[nH]ncc23)cc(OC(F)(F)F)c1. The number of rotatable bonds is 14. The van der Waals surface area contributed by atoms with Crippen LogP contribution in [0.2, 0.25) is 0 Å². The minimum atomic E-state index is -4.78. The molecule has 0 saturated carbocycles. The first-order valence-electron chi connectivity index (χ1n) is 11.4. The zero-order valence-corrected chi connectivity index (χ0v) is 20.4. The number of ether oxygens (including phenoxy) is 3. The molecular formula is C23H25F3N6O4S. The van der Waals surface area contributed by atoms with E-state index in [9.17, 15) is 18.3 Å². The van der Waals surface area contributed by atoms with Crippen molar-refractivity contribution in [3.8, 4) is 22.2 Å². The molecule has 0 aliphatic carbocycles. The maximum atomic E-state index is 12.5. The molecule has 3 heterocycles. The lowest BCUT2D eigenvalue weighted by molar-refractivity contribution is -0.274. The predicted molar refractivity (Wildman–Crippen MR) is 129 cm³/mol. The standard InChI is InChI=1S/C23H25F3N6O4S/c24-23(25,26)36-17-8-15(7-16(9-17)14-33)11-27-3-1-2-4-34-5-6-35-22-18-12-28-31-19(18)10-20(30-22)21-13-29-32-37-21/h7-10,12-13,27,33H,1-6,11,14H2,(H,28,31). The summed E-state index contributed by atoms with van der Waals surface area (Å²) in [4.78, 5) is 5.37. The van der Waals surface area contributed by atoms with Gasteiger partial charge in [-0.25, -0.2) is 4.98 Å². The quantitative estimate of drug-likeness (QED) is 0.205. The van der Waals surface area contributed by atoms with Crippen molar-refractivity contribution in [3.05, 3.63) is 47.8 Å². The molecule has 0 radical (unpaired) electrons. The number of aromatic amines is 1. The molecule has 4 aromatic rings. The number of pyridine rings is 1. The summed E-state index contributed by atoms with van der Waals surface area (Å²) in [7, 11) is 0. The molecule has 0 saturated heterocycles. The Balaban J connectivity index is 1.13. The van der Waals surface area contributed by atoms with Gasteiger partial charge in [0.15, 0.2) is 0 Å². The Morgan fingerprint density at radius 1 is 1.03 bits per heavy atom. The van der Waals surface area contributed by atoms with Gasteiger partial charge in [-0.2, -0.15) is 5.10 Å². The number of fused-ring (bicyclic) bond motifs is 1. The lowest BCUT2D eigenvalue weighted by Gasteiger charge is -2.12. The molecule has 3 aromatic heterocycles. The van der Waals surface area contributed by atoms with Gasteiger partial charge in [-0.05, 0) is 60.2 Å². The molecule has 0 unspecified atom stereocenters. The second-order valence-corrected chi connectivity index (χ2v) is 8.75. The number of hydrogen-bond donors (Lipinski definition) is 3. The van der Waals surface area contributed by atoms with E-state index in [1.54, 1.807) is 18.5 Å². The van der Waals surface area contributed by atoms with Gasteiger partial charge in [-0.3, -0.25) is 5.10 Å². The van der Waals surface area contributed by atoms with Crippen LogP contribution in [-0.4, -0.2) is 62.6 Å². The second kappa shape index (κ2) is 12.8. The number of H-pyrrole nitrogens is 1. The highest BCUT2D eigenvalue weighted by atomic mass is 32.1. The monoisotopic (exact) mass is 538 g/mol. The number of nitrogens with zero attached hydrogens (tertiary/aromatic N) is 4. The smallest absolute Gasteiger partial charge is 0.475 e.